The molecule has 0 atom stereocenters. The minimum absolute atomic E-state index is 0. The van der Waals surface area contributed by atoms with E-state index in [4.69, 9.17) is 4.52 Å². The first kappa shape index (κ1) is 16.2. The predicted octanol–water partition coefficient (Wildman–Crippen LogP) is 2.47. The molecule has 4 rings (SSSR count). The van der Waals surface area contributed by atoms with Crippen molar-refractivity contribution >= 4 is 23.7 Å². The topological polar surface area (TPSA) is 68.8 Å². The van der Waals surface area contributed by atoms with Crippen LogP contribution in [0.3, 0.4) is 0 Å². The van der Waals surface area contributed by atoms with E-state index in [1.165, 1.54) is 4.88 Å². The monoisotopic (exact) mass is 351 g/mol. The van der Waals surface area contributed by atoms with E-state index in [1.807, 2.05) is 23.0 Å². The summed E-state index contributed by atoms with van der Waals surface area (Å²) in [6.07, 6.45) is 6.29. The van der Waals surface area contributed by atoms with E-state index in [0.717, 1.165) is 31.8 Å². The van der Waals surface area contributed by atoms with Crippen molar-refractivity contribution in [1.29, 1.82) is 0 Å². The van der Waals surface area contributed by atoms with Crippen LogP contribution in [0.1, 0.15) is 29.4 Å². The number of nitrogens with one attached hydrogen (secondary N) is 1. The Hall–Kier alpha value is -1.70. The molecule has 0 unspecified atom stereocenters. The molecular formula is C15H18ClN5OS. The van der Waals surface area contributed by atoms with Crippen LogP contribution in [-0.2, 0) is 12.0 Å². The van der Waals surface area contributed by atoms with Gasteiger partial charge in [-0.25, -0.2) is 0 Å². The van der Waals surface area contributed by atoms with Gasteiger partial charge in [-0.2, -0.15) is 10.1 Å². The molecule has 23 heavy (non-hydrogen) atoms. The third-order valence-electron chi connectivity index (χ3n) is 4.15. The van der Waals surface area contributed by atoms with Gasteiger partial charge >= 0.3 is 0 Å². The summed E-state index contributed by atoms with van der Waals surface area (Å²) in [5, 5.41) is 14.1. The van der Waals surface area contributed by atoms with Crippen molar-refractivity contribution in [3.63, 3.8) is 0 Å². The average molecular weight is 352 g/mol. The van der Waals surface area contributed by atoms with Gasteiger partial charge in [-0.1, -0.05) is 11.2 Å². The summed E-state index contributed by atoms with van der Waals surface area (Å²) >= 11 is 1.71. The van der Waals surface area contributed by atoms with Gasteiger partial charge in [0.25, 0.3) is 5.89 Å². The van der Waals surface area contributed by atoms with E-state index >= 15 is 0 Å². The van der Waals surface area contributed by atoms with Crippen LogP contribution in [0.4, 0.5) is 0 Å². The molecule has 1 saturated heterocycles. The van der Waals surface area contributed by atoms with Gasteiger partial charge in [0, 0.05) is 23.7 Å². The van der Waals surface area contributed by atoms with Crippen LogP contribution in [0.15, 0.2) is 40.5 Å². The van der Waals surface area contributed by atoms with E-state index < -0.39 is 0 Å². The molecule has 0 aromatic carbocycles. The zero-order valence-corrected chi connectivity index (χ0v) is 14.1. The SMILES string of the molecule is Cl.c1csc(Cc2noc(C3(n4cccn4)CCNCC3)n2)c1. The molecule has 1 aliphatic rings. The van der Waals surface area contributed by atoms with Gasteiger partial charge < -0.3 is 9.84 Å². The Bertz CT molecular complexity index is 719. The molecule has 0 radical (unpaired) electrons. The Kier molecular flexibility index (Phi) is 4.79. The highest BCUT2D eigenvalue weighted by Crippen LogP contribution is 2.33. The Morgan fingerprint density at radius 2 is 2.17 bits per heavy atom. The highest BCUT2D eigenvalue weighted by Gasteiger charge is 2.41. The molecule has 1 N–H and O–H groups in total. The van der Waals surface area contributed by atoms with Crippen molar-refractivity contribution in [2.24, 2.45) is 0 Å². The normalized spacial score (nSPS) is 16.9. The van der Waals surface area contributed by atoms with Gasteiger partial charge in [-0.3, -0.25) is 4.68 Å². The molecule has 0 amide bonds. The second-order valence-electron chi connectivity index (χ2n) is 5.50. The minimum Gasteiger partial charge on any atom is -0.337 e. The van der Waals surface area contributed by atoms with Crippen molar-refractivity contribution in [2.75, 3.05) is 13.1 Å². The van der Waals surface area contributed by atoms with Gasteiger partial charge in [-0.05, 0) is 43.4 Å². The van der Waals surface area contributed by atoms with Gasteiger partial charge in [-0.15, -0.1) is 23.7 Å². The van der Waals surface area contributed by atoms with E-state index in [0.29, 0.717) is 12.3 Å². The lowest BCUT2D eigenvalue weighted by Gasteiger charge is -2.34. The molecule has 0 spiro atoms. The summed E-state index contributed by atoms with van der Waals surface area (Å²) in [5.74, 6) is 1.41. The third-order valence-corrected chi connectivity index (χ3v) is 5.03. The maximum absolute atomic E-state index is 5.63. The number of rotatable bonds is 4. The van der Waals surface area contributed by atoms with Crippen molar-refractivity contribution in [3.8, 4) is 0 Å². The van der Waals surface area contributed by atoms with E-state index in [1.54, 1.807) is 17.5 Å². The van der Waals surface area contributed by atoms with Crippen LogP contribution in [0.5, 0.6) is 0 Å². The molecule has 1 aliphatic heterocycles. The summed E-state index contributed by atoms with van der Waals surface area (Å²) in [6, 6.07) is 6.07. The quantitative estimate of drug-likeness (QED) is 0.782. The highest BCUT2D eigenvalue weighted by atomic mass is 35.5. The Balaban J connectivity index is 0.00000156. The van der Waals surface area contributed by atoms with Gasteiger partial charge in [0.05, 0.1) is 0 Å². The lowest BCUT2D eigenvalue weighted by Crippen LogP contribution is -2.45. The molecule has 3 aromatic heterocycles. The van der Waals surface area contributed by atoms with Crippen LogP contribution in [0, 0.1) is 0 Å². The fraction of sp³-hybridized carbons (Fsp3) is 0.400. The van der Waals surface area contributed by atoms with Gasteiger partial charge in [0.15, 0.2) is 5.82 Å². The summed E-state index contributed by atoms with van der Waals surface area (Å²) in [5.41, 5.74) is -0.324. The van der Waals surface area contributed by atoms with Crippen molar-refractivity contribution in [1.82, 2.24) is 25.2 Å². The smallest absolute Gasteiger partial charge is 0.254 e. The van der Waals surface area contributed by atoms with Gasteiger partial charge in [0.1, 0.15) is 5.54 Å². The number of thiophene rings is 1. The molecule has 0 bridgehead atoms. The Morgan fingerprint density at radius 3 is 2.87 bits per heavy atom. The van der Waals surface area contributed by atoms with E-state index in [9.17, 15) is 0 Å². The number of aromatic nitrogens is 4. The first-order chi connectivity index (χ1) is 10.9. The molecule has 4 heterocycles. The van der Waals surface area contributed by atoms with E-state index in [2.05, 4.69) is 32.0 Å². The van der Waals surface area contributed by atoms with Crippen molar-refractivity contribution in [3.05, 3.63) is 52.6 Å². The van der Waals surface area contributed by atoms with E-state index in [-0.39, 0.29) is 17.9 Å². The first-order valence-electron chi connectivity index (χ1n) is 7.43. The molecule has 6 nitrogen and oxygen atoms in total. The number of nitrogens with zero attached hydrogens (tertiary/aromatic N) is 4. The number of piperidine rings is 1. The summed E-state index contributed by atoms with van der Waals surface area (Å²) in [4.78, 5) is 5.92. The maximum Gasteiger partial charge on any atom is 0.254 e. The average Bonchev–Trinajstić information content (AvgIpc) is 3.31. The molecule has 8 heteroatoms. The summed E-state index contributed by atoms with van der Waals surface area (Å²) < 4.78 is 7.60. The van der Waals surface area contributed by atoms with Crippen molar-refractivity contribution < 1.29 is 4.52 Å². The first-order valence-corrected chi connectivity index (χ1v) is 8.31. The number of halogens is 1. The number of hydrogen-bond donors (Lipinski definition) is 1. The lowest BCUT2D eigenvalue weighted by atomic mass is 9.88. The molecule has 1 fully saturated rings. The second kappa shape index (κ2) is 6.82. The fourth-order valence-corrected chi connectivity index (χ4v) is 3.69. The van der Waals surface area contributed by atoms with Gasteiger partial charge in [0.2, 0.25) is 0 Å². The fourth-order valence-electron chi connectivity index (χ4n) is 2.99. The van der Waals surface area contributed by atoms with Crippen LogP contribution in [0.2, 0.25) is 0 Å². The minimum atomic E-state index is -0.324. The van der Waals surface area contributed by atoms with Crippen LogP contribution in [-0.4, -0.2) is 33.0 Å². The summed E-state index contributed by atoms with van der Waals surface area (Å²) in [6.45, 7) is 1.84. The second-order valence-corrected chi connectivity index (χ2v) is 6.54. The number of hydrogen-bond acceptors (Lipinski definition) is 6. The molecule has 0 saturated carbocycles. The molecule has 122 valence electrons. The largest absolute Gasteiger partial charge is 0.337 e. The predicted molar refractivity (Wildman–Crippen MR) is 90.1 cm³/mol. The highest BCUT2D eigenvalue weighted by molar-refractivity contribution is 7.09. The van der Waals surface area contributed by atoms with Crippen LogP contribution < -0.4 is 5.32 Å². The Morgan fingerprint density at radius 1 is 1.30 bits per heavy atom. The lowest BCUT2D eigenvalue weighted by molar-refractivity contribution is 0.172. The zero-order chi connectivity index (χ0) is 14.8. The van der Waals surface area contributed by atoms with Crippen molar-refractivity contribution in [2.45, 2.75) is 24.8 Å². The maximum atomic E-state index is 5.63. The molecule has 0 aliphatic carbocycles. The summed E-state index contributed by atoms with van der Waals surface area (Å²) in [7, 11) is 0. The third kappa shape index (κ3) is 3.04. The standard InChI is InChI=1S/C15H17N5OS.ClH/c1-3-12(22-10-1)11-13-18-14(21-19-13)15(4-7-16-8-5-15)20-9-2-6-17-20;/h1-3,6,9-10,16H,4-5,7-8,11H2;1H. The van der Waals surface area contributed by atoms with Crippen LogP contribution >= 0.6 is 23.7 Å². The Labute approximate surface area is 144 Å². The zero-order valence-electron chi connectivity index (χ0n) is 12.5. The van der Waals surface area contributed by atoms with Crippen LogP contribution in [0.25, 0.3) is 0 Å². The molecular weight excluding hydrogens is 334 g/mol. The molecule has 3 aromatic rings.